The van der Waals surface area contributed by atoms with Gasteiger partial charge in [0.1, 0.15) is 0 Å². The van der Waals surface area contributed by atoms with Crippen molar-refractivity contribution in [2.45, 2.75) is 6.61 Å². The van der Waals surface area contributed by atoms with Crippen LogP contribution in [-0.4, -0.2) is 12.8 Å². The number of carbonyl (C=O) groups is 1. The Hall–Kier alpha value is -1.13. The molecule has 0 amide bonds. The van der Waals surface area contributed by atoms with Crippen molar-refractivity contribution >= 4 is 6.16 Å². The molecule has 0 spiro atoms. The molecule has 0 rings (SSSR count). The number of halogens is 2. The van der Waals surface area contributed by atoms with E-state index in [1.54, 1.807) is 0 Å². The van der Waals surface area contributed by atoms with Gasteiger partial charge in [-0.05, 0) is 0 Å². The van der Waals surface area contributed by atoms with Crippen LogP contribution in [0.5, 0.6) is 0 Å². The first-order valence-corrected chi connectivity index (χ1v) is 1.93. The molecule has 0 aliphatic heterocycles. The van der Waals surface area contributed by atoms with E-state index in [1.807, 2.05) is 0 Å². The fourth-order valence-electron chi connectivity index (χ4n) is 0.169. The molecule has 0 N–H and O–H groups in total. The van der Waals surface area contributed by atoms with Crippen LogP contribution >= 0.6 is 0 Å². The average molecular weight is 138 g/mol. The van der Waals surface area contributed by atoms with Gasteiger partial charge in [-0.15, -0.1) is 0 Å². The predicted octanol–water partition coefficient (Wildman–Crippen LogP) is 1.51. The summed E-state index contributed by atoms with van der Waals surface area (Å²) in [5.41, 5.74) is 0. The smallest absolute Gasteiger partial charge is 0.404 e. The largest absolute Gasteiger partial charge is 0.517 e. The van der Waals surface area contributed by atoms with E-state index in [0.717, 1.165) is 0 Å². The lowest BCUT2D eigenvalue weighted by atomic mass is 11.1. The number of alkyl halides is 2. The zero-order chi connectivity index (χ0) is 7.28. The second-order valence-corrected chi connectivity index (χ2v) is 0.913. The maximum atomic E-state index is 11.1. The van der Waals surface area contributed by atoms with Gasteiger partial charge >= 0.3 is 12.8 Å². The summed E-state index contributed by atoms with van der Waals surface area (Å²) < 4.78 is 29.1. The molecule has 0 bridgehead atoms. The third-order valence-electron chi connectivity index (χ3n) is 0.365. The van der Waals surface area contributed by atoms with Gasteiger partial charge in [0.15, 0.2) is 0 Å². The number of hydrogen-bond acceptors (Lipinski definition) is 3. The molecule has 0 saturated carbocycles. The van der Waals surface area contributed by atoms with Crippen LogP contribution in [0, 0.1) is 0 Å². The Bertz CT molecular complexity index is 112. The van der Waals surface area contributed by atoms with Crippen molar-refractivity contribution in [2.24, 2.45) is 0 Å². The molecule has 52 valence electrons. The van der Waals surface area contributed by atoms with Crippen LogP contribution < -0.4 is 0 Å². The second kappa shape index (κ2) is 3.82. The van der Waals surface area contributed by atoms with E-state index in [4.69, 9.17) is 0 Å². The number of hydrogen-bond donors (Lipinski definition) is 0. The van der Waals surface area contributed by atoms with Crippen LogP contribution in [0.2, 0.25) is 0 Å². The molecule has 0 fully saturated rings. The van der Waals surface area contributed by atoms with Gasteiger partial charge in [0, 0.05) is 0 Å². The molecule has 0 saturated heterocycles. The Morgan fingerprint density at radius 3 is 2.56 bits per heavy atom. The topological polar surface area (TPSA) is 35.5 Å². The highest BCUT2D eigenvalue weighted by Crippen LogP contribution is 1.96. The first-order valence-electron chi connectivity index (χ1n) is 1.93. The zero-order valence-electron chi connectivity index (χ0n) is 4.34. The molecule has 0 aromatic heterocycles. The van der Waals surface area contributed by atoms with Crippen LogP contribution in [0.4, 0.5) is 13.6 Å². The molecule has 0 aromatic rings. The average Bonchev–Trinajstić information content (AvgIpc) is 1.63. The van der Waals surface area contributed by atoms with Crippen molar-refractivity contribution in [3.63, 3.8) is 0 Å². The van der Waals surface area contributed by atoms with Crippen LogP contribution in [0.25, 0.3) is 0 Å². The van der Waals surface area contributed by atoms with Crippen molar-refractivity contribution in [1.82, 2.24) is 0 Å². The summed E-state index contributed by atoms with van der Waals surface area (Å²) in [5.74, 6) is 0. The molecule has 9 heavy (non-hydrogen) atoms. The van der Waals surface area contributed by atoms with Crippen molar-refractivity contribution in [2.75, 3.05) is 0 Å². The van der Waals surface area contributed by atoms with E-state index in [2.05, 4.69) is 16.1 Å². The highest BCUT2D eigenvalue weighted by Gasteiger charge is 2.09. The monoisotopic (exact) mass is 138 g/mol. The lowest BCUT2D eigenvalue weighted by Gasteiger charge is -1.97. The molecule has 0 unspecified atom stereocenters. The summed E-state index contributed by atoms with van der Waals surface area (Å²) in [6.45, 7) is -0.201. The summed E-state index contributed by atoms with van der Waals surface area (Å²) in [5, 5.41) is 0. The molecule has 0 aromatic carbocycles. The molecular formula is C4H4F2O3. The first-order chi connectivity index (χ1) is 4.16. The van der Waals surface area contributed by atoms with Gasteiger partial charge in [-0.3, -0.25) is 0 Å². The summed E-state index contributed by atoms with van der Waals surface area (Å²) in [6.07, 6.45) is -0.759. The van der Waals surface area contributed by atoms with E-state index in [9.17, 15) is 13.6 Å². The summed E-state index contributed by atoms with van der Waals surface area (Å²) in [7, 11) is 0. The minimum atomic E-state index is -3.14. The maximum Gasteiger partial charge on any atom is 0.517 e. The lowest BCUT2D eigenvalue weighted by molar-refractivity contribution is -0.0989. The predicted molar refractivity (Wildman–Crippen MR) is 23.8 cm³/mol. The molecule has 3 nitrogen and oxygen atoms in total. The molecule has 5 heteroatoms. The van der Waals surface area contributed by atoms with Crippen LogP contribution in [-0.2, 0) is 9.47 Å². The number of ether oxygens (including phenoxy) is 2. The van der Waals surface area contributed by atoms with Crippen molar-refractivity contribution < 1.29 is 23.0 Å². The van der Waals surface area contributed by atoms with Gasteiger partial charge in [0.05, 0.1) is 6.26 Å². The minimum absolute atomic E-state index is 0.699. The highest BCUT2D eigenvalue weighted by atomic mass is 19.3. The molecular weight excluding hydrogens is 134 g/mol. The number of carbonyl (C=O) groups excluding carboxylic acids is 1. The summed E-state index contributed by atoms with van der Waals surface area (Å²) in [4.78, 5) is 9.86. The van der Waals surface area contributed by atoms with E-state index in [0.29, 0.717) is 6.26 Å². The van der Waals surface area contributed by atoms with E-state index in [1.165, 1.54) is 0 Å². The van der Waals surface area contributed by atoms with E-state index >= 15 is 0 Å². The third-order valence-corrected chi connectivity index (χ3v) is 0.365. The lowest BCUT2D eigenvalue weighted by Crippen LogP contribution is -2.07. The second-order valence-electron chi connectivity index (χ2n) is 0.913. The molecule has 0 atom stereocenters. The van der Waals surface area contributed by atoms with Gasteiger partial charge in [0.2, 0.25) is 0 Å². The Kier molecular flexibility index (Phi) is 3.34. The van der Waals surface area contributed by atoms with Gasteiger partial charge in [-0.2, -0.15) is 8.78 Å². The standard InChI is InChI=1S/C4H4F2O3/c1-2-8-4(7)9-3(5)6/h2-3H,1H2. The number of rotatable bonds is 2. The van der Waals surface area contributed by atoms with Gasteiger partial charge in [0.25, 0.3) is 0 Å². The van der Waals surface area contributed by atoms with E-state index < -0.39 is 12.8 Å². The SMILES string of the molecule is C=COC(=O)OC(F)F. The quantitative estimate of drug-likeness (QED) is 0.428. The van der Waals surface area contributed by atoms with Crippen molar-refractivity contribution in [3.8, 4) is 0 Å². The highest BCUT2D eigenvalue weighted by molar-refractivity contribution is 5.60. The van der Waals surface area contributed by atoms with E-state index in [-0.39, 0.29) is 0 Å². The zero-order valence-corrected chi connectivity index (χ0v) is 4.34. The van der Waals surface area contributed by atoms with Crippen LogP contribution in [0.15, 0.2) is 12.8 Å². The summed E-state index contributed by atoms with van der Waals surface area (Å²) in [6, 6.07) is 0. The molecule has 0 aliphatic carbocycles. The Labute approximate surface area is 49.9 Å². The molecule has 0 heterocycles. The normalized spacial score (nSPS) is 8.78. The van der Waals surface area contributed by atoms with Gasteiger partial charge in [-0.25, -0.2) is 4.79 Å². The Morgan fingerprint density at radius 2 is 2.22 bits per heavy atom. The third kappa shape index (κ3) is 4.73. The minimum Gasteiger partial charge on any atom is -0.404 e. The van der Waals surface area contributed by atoms with Crippen LogP contribution in [0.1, 0.15) is 0 Å². The molecule has 0 aliphatic rings. The first kappa shape index (κ1) is 7.87. The molecule has 0 radical (unpaired) electrons. The van der Waals surface area contributed by atoms with Crippen molar-refractivity contribution in [3.05, 3.63) is 12.8 Å². The van der Waals surface area contributed by atoms with Gasteiger partial charge in [-0.1, -0.05) is 6.58 Å². The maximum absolute atomic E-state index is 11.1. The fourth-order valence-corrected chi connectivity index (χ4v) is 0.169. The Balaban J connectivity index is 3.38. The fraction of sp³-hybridized carbons (Fsp3) is 0.250. The van der Waals surface area contributed by atoms with Crippen LogP contribution in [0.3, 0.4) is 0 Å². The van der Waals surface area contributed by atoms with Gasteiger partial charge < -0.3 is 9.47 Å². The summed E-state index contributed by atoms with van der Waals surface area (Å²) >= 11 is 0. The Morgan fingerprint density at radius 1 is 1.67 bits per heavy atom. The van der Waals surface area contributed by atoms with Crippen molar-refractivity contribution in [1.29, 1.82) is 0 Å².